The number of hydrogen-bond donors (Lipinski definition) is 4. The van der Waals surface area contributed by atoms with Gasteiger partial charge in [-0.25, -0.2) is 9.59 Å². The van der Waals surface area contributed by atoms with E-state index in [0.717, 1.165) is 44.6 Å². The van der Waals surface area contributed by atoms with E-state index < -0.39 is 34.6 Å². The Balaban J connectivity index is 1.31. The number of rotatable bonds is 8. The van der Waals surface area contributed by atoms with Crippen molar-refractivity contribution in [1.29, 1.82) is 0 Å². The third-order valence-corrected chi connectivity index (χ3v) is 14.6. The number of aliphatic carboxylic acids is 2. The van der Waals surface area contributed by atoms with E-state index in [4.69, 9.17) is 9.84 Å². The van der Waals surface area contributed by atoms with Crippen LogP contribution in [0, 0.1) is 56.7 Å². The summed E-state index contributed by atoms with van der Waals surface area (Å²) in [4.78, 5) is 63.1. The number of ketones is 1. The van der Waals surface area contributed by atoms with Crippen LogP contribution in [0.1, 0.15) is 105 Å². The zero-order valence-corrected chi connectivity index (χ0v) is 31.9. The van der Waals surface area contributed by atoms with Gasteiger partial charge >= 0.3 is 17.9 Å². The van der Waals surface area contributed by atoms with Gasteiger partial charge in [0, 0.05) is 47.2 Å². The van der Waals surface area contributed by atoms with E-state index in [1.165, 1.54) is 35.9 Å². The van der Waals surface area contributed by atoms with Crippen LogP contribution >= 0.6 is 0 Å². The number of anilines is 1. The average molecular weight is 730 g/mol. The molecule has 0 saturated heterocycles. The van der Waals surface area contributed by atoms with Gasteiger partial charge in [-0.1, -0.05) is 53.2 Å². The second-order valence-corrected chi connectivity index (χ2v) is 18.5. The van der Waals surface area contributed by atoms with Crippen molar-refractivity contribution in [1.82, 2.24) is 0 Å². The number of aromatic hydroxyl groups is 1. The second kappa shape index (κ2) is 13.6. The number of benzene rings is 1. The number of ether oxygens (including phenoxy) is 1. The number of phenols is 1. The molecule has 5 aliphatic rings. The van der Waals surface area contributed by atoms with Gasteiger partial charge in [0.05, 0.1) is 12.0 Å². The highest BCUT2D eigenvalue weighted by molar-refractivity contribution is 6.03. The van der Waals surface area contributed by atoms with Crippen LogP contribution in [0.15, 0.2) is 48.1 Å². The lowest BCUT2D eigenvalue weighted by Gasteiger charge is -2.68. The van der Waals surface area contributed by atoms with Crippen LogP contribution in [0.5, 0.6) is 5.75 Å². The average Bonchev–Trinajstić information content (AvgIpc) is 3.07. The van der Waals surface area contributed by atoms with Crippen LogP contribution in [-0.2, 0) is 28.7 Å². The summed E-state index contributed by atoms with van der Waals surface area (Å²) in [7, 11) is 0. The van der Waals surface area contributed by atoms with Crippen molar-refractivity contribution in [3.05, 3.63) is 53.6 Å². The molecule has 53 heavy (non-hydrogen) atoms. The van der Waals surface area contributed by atoms with Crippen molar-refractivity contribution in [2.75, 3.05) is 11.9 Å². The Kier molecular flexibility index (Phi) is 9.86. The summed E-state index contributed by atoms with van der Waals surface area (Å²) in [5.74, 6) is -2.89. The molecule has 5 aliphatic carbocycles. The van der Waals surface area contributed by atoms with E-state index in [1.54, 1.807) is 0 Å². The molecule has 8 atom stereocenters. The molecule has 1 aromatic carbocycles. The summed E-state index contributed by atoms with van der Waals surface area (Å²) >= 11 is 0. The lowest BCUT2D eigenvalue weighted by molar-refractivity contribution is -0.184. The maximum atomic E-state index is 13.4. The minimum atomic E-state index is -1.28. The maximum Gasteiger partial charge on any atom is 0.330 e. The third kappa shape index (κ3) is 6.76. The fraction of sp³-hybridized carbons (Fsp3) is 0.605. The summed E-state index contributed by atoms with van der Waals surface area (Å²) in [6, 6.07) is 4.16. The van der Waals surface area contributed by atoms with Crippen LogP contribution in [0.2, 0.25) is 0 Å². The number of hydrogen-bond acceptors (Lipinski definition) is 7. The van der Waals surface area contributed by atoms with Crippen molar-refractivity contribution < 1.29 is 44.0 Å². The summed E-state index contributed by atoms with van der Waals surface area (Å²) < 4.78 is 6.00. The maximum absolute atomic E-state index is 13.4. The number of carboxylic acid groups (broad SMARTS) is 2. The molecule has 10 heteroatoms. The predicted octanol–water partition coefficient (Wildman–Crippen LogP) is 7.82. The van der Waals surface area contributed by atoms with E-state index in [0.29, 0.717) is 42.6 Å². The molecule has 6 rings (SSSR count). The highest BCUT2D eigenvalue weighted by Gasteiger charge is 2.67. The molecule has 4 fully saturated rings. The molecule has 0 spiro atoms. The molecular formula is C43H55NO9. The van der Waals surface area contributed by atoms with Gasteiger partial charge in [0.25, 0.3) is 0 Å². The Labute approximate surface area is 312 Å². The van der Waals surface area contributed by atoms with Gasteiger partial charge in [-0.3, -0.25) is 14.4 Å². The number of phenolic OH excluding ortho intramolecular Hbond substituents is 1. The highest BCUT2D eigenvalue weighted by atomic mass is 16.5. The Morgan fingerprint density at radius 1 is 0.906 bits per heavy atom. The summed E-state index contributed by atoms with van der Waals surface area (Å²) in [6.07, 6.45) is 13.3. The number of fused-ring (bicyclic) bond motifs is 7. The van der Waals surface area contributed by atoms with Crippen molar-refractivity contribution in [3.63, 3.8) is 0 Å². The van der Waals surface area contributed by atoms with Crippen molar-refractivity contribution >= 4 is 41.4 Å². The van der Waals surface area contributed by atoms with Gasteiger partial charge in [0.15, 0.2) is 0 Å². The molecule has 4 N–H and O–H groups in total. The fourth-order valence-electron chi connectivity index (χ4n) is 12.1. The topological polar surface area (TPSA) is 167 Å². The standard InChI is InChI=1S/C43H55NO9/c1-39(2)19-20-43(38(51)52)22-26(24-53-36(50)14-7-25-21-27(45)8-10-30(25)44-34(47)12-13-35(48)49)37-28(29(43)23-39)9-11-32-41(5)18-16-33(46)40(3,4)31(41)15-17-42(32,37)6/h7-10,12-14,21,26,29,31-32,37,45H,11,15-20,22-24H2,1-6H3,(H,44,47)(H,48,49)(H,51,52)/b13-12-,14-7+. The number of nitrogens with one attached hydrogen (secondary N) is 1. The molecule has 10 nitrogen and oxygen atoms in total. The monoisotopic (exact) mass is 729 g/mol. The molecule has 0 aromatic heterocycles. The first-order valence-corrected chi connectivity index (χ1v) is 19.1. The Morgan fingerprint density at radius 2 is 1.64 bits per heavy atom. The molecule has 0 radical (unpaired) electrons. The lowest BCUT2D eigenvalue weighted by atomic mass is 9.36. The summed E-state index contributed by atoms with van der Waals surface area (Å²) in [6.45, 7) is 13.6. The van der Waals surface area contributed by atoms with Crippen molar-refractivity contribution in [2.24, 2.45) is 56.7 Å². The minimum absolute atomic E-state index is 0.00495. The van der Waals surface area contributed by atoms with E-state index in [1.807, 2.05) is 0 Å². The minimum Gasteiger partial charge on any atom is -0.508 e. The lowest BCUT2D eigenvalue weighted by Crippen LogP contribution is -2.63. The quantitative estimate of drug-likeness (QED) is 0.0903. The Bertz CT molecular complexity index is 1800. The van der Waals surface area contributed by atoms with Gasteiger partial charge in [0.2, 0.25) is 5.91 Å². The van der Waals surface area contributed by atoms with E-state index in [-0.39, 0.29) is 58.0 Å². The molecule has 0 aliphatic heterocycles. The van der Waals surface area contributed by atoms with Crippen molar-refractivity contribution in [3.8, 4) is 5.75 Å². The summed E-state index contributed by atoms with van der Waals surface area (Å²) in [5, 5.41) is 32.5. The van der Waals surface area contributed by atoms with E-state index >= 15 is 0 Å². The number of amides is 1. The second-order valence-electron chi connectivity index (χ2n) is 18.5. The zero-order chi connectivity index (χ0) is 38.7. The number of carbonyl (C=O) groups excluding carboxylic acids is 3. The number of Topliss-reactive ketones (excluding diaryl/α,β-unsaturated/α-hetero) is 1. The first-order valence-electron chi connectivity index (χ1n) is 19.1. The molecule has 1 aromatic rings. The number of carbonyl (C=O) groups is 5. The normalized spacial score (nSPS) is 35.6. The van der Waals surface area contributed by atoms with Crippen LogP contribution in [0.4, 0.5) is 5.69 Å². The highest BCUT2D eigenvalue weighted by Crippen LogP contribution is 2.72. The Morgan fingerprint density at radius 3 is 2.34 bits per heavy atom. The molecule has 8 unspecified atom stereocenters. The number of carboxylic acids is 2. The van der Waals surface area contributed by atoms with Gasteiger partial charge in [-0.2, -0.15) is 0 Å². The largest absolute Gasteiger partial charge is 0.508 e. The molecule has 4 saturated carbocycles. The van der Waals surface area contributed by atoms with Crippen LogP contribution in [-0.4, -0.2) is 51.5 Å². The van der Waals surface area contributed by atoms with Gasteiger partial charge < -0.3 is 25.4 Å². The molecule has 0 bridgehead atoms. The van der Waals surface area contributed by atoms with E-state index in [2.05, 4.69) is 52.9 Å². The number of allylic oxidation sites excluding steroid dienone is 2. The smallest absolute Gasteiger partial charge is 0.330 e. The Hall–Kier alpha value is -4.21. The first-order chi connectivity index (χ1) is 24.7. The van der Waals surface area contributed by atoms with Gasteiger partial charge in [-0.05, 0) is 116 Å². The van der Waals surface area contributed by atoms with Gasteiger partial charge in [-0.15, -0.1) is 0 Å². The SMILES string of the molecule is CC1(C)CCC2(C(=O)O)CC(COC(=O)/C=C/c3cc(O)ccc3NC(=O)/C=C\C(=O)O)C3C(=CCC4C3(C)CCC3C(C)(C)C(=O)CCC34C)C2C1. The predicted molar refractivity (Wildman–Crippen MR) is 199 cm³/mol. The number of esters is 1. The molecular weight excluding hydrogens is 674 g/mol. The first kappa shape index (κ1) is 38.5. The van der Waals surface area contributed by atoms with Crippen LogP contribution in [0.25, 0.3) is 6.08 Å². The van der Waals surface area contributed by atoms with Crippen LogP contribution in [0.3, 0.4) is 0 Å². The molecule has 1 amide bonds. The van der Waals surface area contributed by atoms with Crippen LogP contribution < -0.4 is 5.32 Å². The third-order valence-electron chi connectivity index (χ3n) is 14.6. The van der Waals surface area contributed by atoms with E-state index in [9.17, 15) is 34.2 Å². The summed E-state index contributed by atoms with van der Waals surface area (Å²) in [5.41, 5.74) is 0.222. The zero-order valence-electron chi connectivity index (χ0n) is 31.9. The van der Waals surface area contributed by atoms with Crippen molar-refractivity contribution in [2.45, 2.75) is 99.3 Å². The fourth-order valence-corrected chi connectivity index (χ4v) is 12.1. The van der Waals surface area contributed by atoms with Gasteiger partial charge in [0.1, 0.15) is 11.5 Å². The molecule has 0 heterocycles. The molecule has 286 valence electrons.